The van der Waals surface area contributed by atoms with E-state index in [9.17, 15) is 10.0 Å². The molecule has 168 valence electrons. The van der Waals surface area contributed by atoms with Gasteiger partial charge in [-0.15, -0.1) is 0 Å². The summed E-state index contributed by atoms with van der Waals surface area (Å²) in [5.41, 5.74) is 6.75. The van der Waals surface area contributed by atoms with Gasteiger partial charge in [0.2, 0.25) is 0 Å². The molecule has 1 aromatic heterocycles. The van der Waals surface area contributed by atoms with E-state index in [1.54, 1.807) is 6.07 Å². The molecular weight excluding hydrogens is 431 g/mol. The molecule has 0 aliphatic carbocycles. The van der Waals surface area contributed by atoms with E-state index in [0.717, 1.165) is 44.6 Å². The molecule has 0 spiro atoms. The molecule has 6 aromatic rings. The Morgan fingerprint density at radius 1 is 0.514 bits per heavy atom. The van der Waals surface area contributed by atoms with E-state index in [2.05, 4.69) is 64.1 Å². The molecule has 5 heteroatoms. The van der Waals surface area contributed by atoms with E-state index < -0.39 is 7.12 Å². The summed E-state index contributed by atoms with van der Waals surface area (Å²) >= 11 is 0. The Labute approximate surface area is 204 Å². The summed E-state index contributed by atoms with van der Waals surface area (Å²) in [6, 6.07) is 42.9. The van der Waals surface area contributed by atoms with Crippen LogP contribution in [0.5, 0.6) is 0 Å². The summed E-state index contributed by atoms with van der Waals surface area (Å²) in [4.78, 5) is 2.23. The lowest BCUT2D eigenvalue weighted by atomic mass is 9.80. The van der Waals surface area contributed by atoms with Gasteiger partial charge in [0.25, 0.3) is 0 Å². The maximum Gasteiger partial charge on any atom is 0.488 e. The van der Waals surface area contributed by atoms with Gasteiger partial charge in [0, 0.05) is 33.5 Å². The zero-order valence-electron chi connectivity index (χ0n) is 19.0. The van der Waals surface area contributed by atoms with Crippen molar-refractivity contribution in [2.75, 3.05) is 4.90 Å². The summed E-state index contributed by atoms with van der Waals surface area (Å²) in [6.45, 7) is 0. The van der Waals surface area contributed by atoms with Crippen LogP contribution < -0.4 is 10.4 Å². The van der Waals surface area contributed by atoms with Crippen molar-refractivity contribution >= 4 is 51.4 Å². The van der Waals surface area contributed by atoms with E-state index in [-0.39, 0.29) is 0 Å². The monoisotopic (exact) mass is 454 g/mol. The highest BCUT2D eigenvalue weighted by molar-refractivity contribution is 6.59. The quantitative estimate of drug-likeness (QED) is 0.318. The predicted molar refractivity (Wildman–Crippen MR) is 145 cm³/mol. The second kappa shape index (κ2) is 8.80. The number of hydrogen-bond donors (Lipinski definition) is 2. The number of para-hydroxylation sites is 3. The number of rotatable bonds is 5. The van der Waals surface area contributed by atoms with Gasteiger partial charge in [-0.05, 0) is 66.1 Å². The molecule has 0 unspecified atom stereocenters. The third-order valence-electron chi connectivity index (χ3n) is 6.37. The summed E-state index contributed by atoms with van der Waals surface area (Å²) in [5.74, 6) is 0. The zero-order chi connectivity index (χ0) is 23.8. The molecule has 0 bridgehead atoms. The first-order valence-electron chi connectivity index (χ1n) is 11.6. The Bertz CT molecular complexity index is 1580. The minimum Gasteiger partial charge on any atom is -0.423 e. The van der Waals surface area contributed by atoms with Crippen molar-refractivity contribution in [2.24, 2.45) is 0 Å². The normalized spacial score (nSPS) is 11.1. The molecule has 0 amide bonds. The van der Waals surface area contributed by atoms with Crippen LogP contribution in [0.25, 0.3) is 27.5 Å². The molecule has 35 heavy (non-hydrogen) atoms. The van der Waals surface area contributed by atoms with Crippen molar-refractivity contribution in [3.63, 3.8) is 0 Å². The predicted octanol–water partition coefficient (Wildman–Crippen LogP) is 5.93. The van der Waals surface area contributed by atoms with Gasteiger partial charge < -0.3 is 19.5 Å². The Morgan fingerprint density at radius 2 is 1.03 bits per heavy atom. The minimum atomic E-state index is -1.53. The molecule has 0 saturated heterocycles. The minimum absolute atomic E-state index is 0.470. The Balaban J connectivity index is 1.64. The van der Waals surface area contributed by atoms with Gasteiger partial charge in [0.15, 0.2) is 0 Å². The SMILES string of the molecule is OB(O)c1ccc2c(c1)c1cc(N(c3ccccc3)c3ccccc3)ccc1n2-c1ccccc1. The first-order chi connectivity index (χ1) is 17.2. The second-order valence-electron chi connectivity index (χ2n) is 8.53. The van der Waals surface area contributed by atoms with E-state index >= 15 is 0 Å². The van der Waals surface area contributed by atoms with Crippen molar-refractivity contribution < 1.29 is 10.0 Å². The molecule has 5 aromatic carbocycles. The smallest absolute Gasteiger partial charge is 0.423 e. The largest absolute Gasteiger partial charge is 0.488 e. The molecule has 0 aliphatic heterocycles. The Kier molecular flexibility index (Phi) is 5.34. The number of anilines is 3. The first kappa shape index (κ1) is 21.2. The zero-order valence-corrected chi connectivity index (χ0v) is 19.0. The number of hydrogen-bond acceptors (Lipinski definition) is 3. The van der Waals surface area contributed by atoms with Gasteiger partial charge >= 0.3 is 7.12 Å². The van der Waals surface area contributed by atoms with Gasteiger partial charge in [-0.2, -0.15) is 0 Å². The van der Waals surface area contributed by atoms with Gasteiger partial charge in [0.05, 0.1) is 11.0 Å². The average Bonchev–Trinajstić information content (AvgIpc) is 3.24. The topological polar surface area (TPSA) is 48.6 Å². The van der Waals surface area contributed by atoms with Gasteiger partial charge in [-0.1, -0.05) is 66.7 Å². The van der Waals surface area contributed by atoms with Crippen molar-refractivity contribution in [3.05, 3.63) is 127 Å². The molecular formula is C30H23BN2O2. The number of fused-ring (bicyclic) bond motifs is 3. The number of nitrogens with zero attached hydrogens (tertiary/aromatic N) is 2. The van der Waals surface area contributed by atoms with Crippen LogP contribution in [0.1, 0.15) is 0 Å². The lowest BCUT2D eigenvalue weighted by Crippen LogP contribution is -2.29. The fourth-order valence-corrected chi connectivity index (χ4v) is 4.79. The van der Waals surface area contributed by atoms with Crippen molar-refractivity contribution in [3.8, 4) is 5.69 Å². The number of aromatic nitrogens is 1. The highest BCUT2D eigenvalue weighted by Gasteiger charge is 2.19. The van der Waals surface area contributed by atoms with Crippen LogP contribution in [0.4, 0.5) is 17.1 Å². The van der Waals surface area contributed by atoms with E-state index in [0.29, 0.717) is 5.46 Å². The van der Waals surface area contributed by atoms with Crippen LogP contribution in [0.15, 0.2) is 127 Å². The standard InChI is InChI=1S/C30H23BN2O2/c34-31(35)22-16-18-29-27(20-22)28-21-26(17-19-30(28)33(29)25-14-8-3-9-15-25)32(23-10-4-1-5-11-23)24-12-6-2-7-13-24/h1-21,34-35H. The highest BCUT2D eigenvalue weighted by Crippen LogP contribution is 2.39. The van der Waals surface area contributed by atoms with Gasteiger partial charge in [0.1, 0.15) is 0 Å². The van der Waals surface area contributed by atoms with Gasteiger partial charge in [-0.25, -0.2) is 0 Å². The van der Waals surface area contributed by atoms with Crippen LogP contribution in [0, 0.1) is 0 Å². The van der Waals surface area contributed by atoms with Crippen molar-refractivity contribution in [1.82, 2.24) is 4.57 Å². The first-order valence-corrected chi connectivity index (χ1v) is 11.6. The van der Waals surface area contributed by atoms with Gasteiger partial charge in [-0.3, -0.25) is 0 Å². The fourth-order valence-electron chi connectivity index (χ4n) is 4.79. The van der Waals surface area contributed by atoms with Crippen LogP contribution in [-0.2, 0) is 0 Å². The van der Waals surface area contributed by atoms with E-state index in [4.69, 9.17) is 0 Å². The summed E-state index contributed by atoms with van der Waals surface area (Å²) in [7, 11) is -1.53. The van der Waals surface area contributed by atoms with Crippen LogP contribution in [0.3, 0.4) is 0 Å². The molecule has 1 heterocycles. The van der Waals surface area contributed by atoms with Crippen LogP contribution >= 0.6 is 0 Å². The third-order valence-corrected chi connectivity index (χ3v) is 6.37. The molecule has 0 aliphatic rings. The van der Waals surface area contributed by atoms with Crippen molar-refractivity contribution in [1.29, 1.82) is 0 Å². The summed E-state index contributed by atoms with van der Waals surface area (Å²) in [5, 5.41) is 21.7. The summed E-state index contributed by atoms with van der Waals surface area (Å²) < 4.78 is 2.22. The molecule has 2 N–H and O–H groups in total. The number of benzene rings is 5. The molecule has 0 atom stereocenters. The maximum atomic E-state index is 9.86. The highest BCUT2D eigenvalue weighted by atomic mass is 16.4. The third kappa shape index (κ3) is 3.77. The van der Waals surface area contributed by atoms with E-state index in [1.807, 2.05) is 66.7 Å². The fraction of sp³-hybridized carbons (Fsp3) is 0. The Hall–Kier alpha value is -4.32. The molecule has 0 saturated carbocycles. The average molecular weight is 454 g/mol. The van der Waals surface area contributed by atoms with Crippen LogP contribution in [0.2, 0.25) is 0 Å². The molecule has 6 rings (SSSR count). The molecule has 0 fully saturated rings. The lowest BCUT2D eigenvalue weighted by Gasteiger charge is -2.25. The summed E-state index contributed by atoms with van der Waals surface area (Å²) in [6.07, 6.45) is 0. The van der Waals surface area contributed by atoms with Crippen molar-refractivity contribution in [2.45, 2.75) is 0 Å². The van der Waals surface area contributed by atoms with E-state index in [1.165, 1.54) is 0 Å². The maximum absolute atomic E-state index is 9.86. The van der Waals surface area contributed by atoms with Crippen LogP contribution in [-0.4, -0.2) is 21.7 Å². The Morgan fingerprint density at radius 3 is 1.60 bits per heavy atom. The lowest BCUT2D eigenvalue weighted by molar-refractivity contribution is 0.426. The molecule has 0 radical (unpaired) electrons. The molecule has 4 nitrogen and oxygen atoms in total. The second-order valence-corrected chi connectivity index (χ2v) is 8.53.